The third-order valence-electron chi connectivity index (χ3n) is 2.53. The lowest BCUT2D eigenvalue weighted by Gasteiger charge is -2.21. The van der Waals surface area contributed by atoms with E-state index in [1.165, 1.54) is 6.92 Å². The van der Waals surface area contributed by atoms with Gasteiger partial charge in [-0.25, -0.2) is 8.42 Å². The summed E-state index contributed by atoms with van der Waals surface area (Å²) in [5, 5.41) is 8.37. The fraction of sp³-hybridized carbons (Fsp3) is 0.364. The minimum Gasteiger partial charge on any atom is -0.480 e. The second-order valence-electron chi connectivity index (χ2n) is 3.96. The molecule has 0 aromatic heterocycles. The maximum absolute atomic E-state index is 12.9. The van der Waals surface area contributed by atoms with Gasteiger partial charge in [-0.2, -0.15) is 17.5 Å². The van der Waals surface area contributed by atoms with Gasteiger partial charge in [0.05, 0.1) is 10.5 Å². The molecule has 0 spiro atoms. The molecule has 0 amide bonds. The number of carboxylic acid groups (broad SMARTS) is 1. The molecule has 0 aliphatic rings. The molecule has 0 atom stereocenters. The van der Waals surface area contributed by atoms with E-state index in [1.54, 1.807) is 0 Å². The SMILES string of the molecule is CCN(CC(=O)O)S(=O)(=O)c1ccc(Cl)cc1C(F)(F)F. The monoisotopic (exact) mass is 345 g/mol. The standard InChI is InChI=1S/C11H11ClF3NO4S/c1-2-16(6-10(17)18)21(19,20)9-4-3-7(12)5-8(9)11(13,14)15/h3-5H,2,6H2,1H3,(H,17,18). The number of sulfonamides is 1. The fourth-order valence-electron chi connectivity index (χ4n) is 1.61. The molecule has 0 aliphatic carbocycles. The Morgan fingerprint density at radius 3 is 2.38 bits per heavy atom. The first-order valence-electron chi connectivity index (χ1n) is 5.58. The predicted molar refractivity (Wildman–Crippen MR) is 68.5 cm³/mol. The molecule has 1 N–H and O–H groups in total. The van der Waals surface area contributed by atoms with Crippen LogP contribution in [0.4, 0.5) is 13.2 Å². The van der Waals surface area contributed by atoms with Crippen molar-refractivity contribution in [2.24, 2.45) is 0 Å². The Kier molecular flexibility index (Phi) is 5.24. The first-order chi connectivity index (χ1) is 9.50. The van der Waals surface area contributed by atoms with Gasteiger partial charge in [0, 0.05) is 11.6 Å². The van der Waals surface area contributed by atoms with Gasteiger partial charge in [0.1, 0.15) is 6.54 Å². The number of rotatable bonds is 5. The van der Waals surface area contributed by atoms with Crippen LogP contribution in [0.1, 0.15) is 12.5 Å². The number of carbonyl (C=O) groups is 1. The van der Waals surface area contributed by atoms with Crippen LogP contribution in [0.2, 0.25) is 5.02 Å². The Bertz CT molecular complexity index is 645. The van der Waals surface area contributed by atoms with Gasteiger partial charge >= 0.3 is 12.1 Å². The smallest absolute Gasteiger partial charge is 0.417 e. The van der Waals surface area contributed by atoms with E-state index in [-0.39, 0.29) is 11.6 Å². The second-order valence-corrected chi connectivity index (χ2v) is 6.31. The van der Waals surface area contributed by atoms with E-state index in [9.17, 15) is 26.4 Å². The topological polar surface area (TPSA) is 74.7 Å². The van der Waals surface area contributed by atoms with E-state index in [2.05, 4.69) is 0 Å². The molecule has 5 nitrogen and oxygen atoms in total. The Morgan fingerprint density at radius 2 is 1.95 bits per heavy atom. The molecule has 1 rings (SSSR count). The average Bonchev–Trinajstić information content (AvgIpc) is 2.34. The van der Waals surface area contributed by atoms with E-state index < -0.39 is 39.2 Å². The van der Waals surface area contributed by atoms with Gasteiger partial charge in [-0.3, -0.25) is 4.79 Å². The van der Waals surface area contributed by atoms with Crippen molar-refractivity contribution in [1.29, 1.82) is 0 Å². The molecular weight excluding hydrogens is 335 g/mol. The molecule has 0 saturated carbocycles. The van der Waals surface area contributed by atoms with Gasteiger partial charge in [-0.15, -0.1) is 0 Å². The first-order valence-corrected chi connectivity index (χ1v) is 7.40. The van der Waals surface area contributed by atoms with Gasteiger partial charge in [0.25, 0.3) is 0 Å². The Morgan fingerprint density at radius 1 is 1.38 bits per heavy atom. The van der Waals surface area contributed by atoms with E-state index in [4.69, 9.17) is 16.7 Å². The number of hydrogen-bond donors (Lipinski definition) is 1. The third-order valence-corrected chi connectivity index (χ3v) is 4.74. The van der Waals surface area contributed by atoms with Crippen LogP contribution in [0.25, 0.3) is 0 Å². The van der Waals surface area contributed by atoms with Crippen molar-refractivity contribution in [3.8, 4) is 0 Å². The first kappa shape index (κ1) is 17.7. The molecule has 10 heteroatoms. The van der Waals surface area contributed by atoms with Crippen LogP contribution in [-0.4, -0.2) is 36.9 Å². The molecule has 1 aromatic carbocycles. The molecule has 0 heterocycles. The predicted octanol–water partition coefficient (Wildman–Crippen LogP) is 2.45. The number of likely N-dealkylation sites (N-methyl/N-ethyl adjacent to an activating group) is 1. The molecule has 0 radical (unpaired) electrons. The van der Waals surface area contributed by atoms with Gasteiger partial charge in [0.2, 0.25) is 10.0 Å². The summed E-state index contributed by atoms with van der Waals surface area (Å²) in [7, 11) is -4.60. The van der Waals surface area contributed by atoms with E-state index in [1.807, 2.05) is 0 Å². The molecule has 0 fully saturated rings. The molecule has 1 aromatic rings. The summed E-state index contributed by atoms with van der Waals surface area (Å²) in [5.41, 5.74) is -1.43. The normalized spacial score (nSPS) is 12.7. The van der Waals surface area contributed by atoms with Gasteiger partial charge in [-0.1, -0.05) is 18.5 Å². The summed E-state index contributed by atoms with van der Waals surface area (Å²) in [5.74, 6) is -1.47. The molecule has 0 unspecified atom stereocenters. The summed E-state index contributed by atoms with van der Waals surface area (Å²) in [4.78, 5) is 9.61. The molecule has 0 aliphatic heterocycles. The number of nitrogens with zero attached hydrogens (tertiary/aromatic N) is 1. The van der Waals surface area contributed by atoms with Crippen LogP contribution in [-0.2, 0) is 21.0 Å². The summed E-state index contributed by atoms with van der Waals surface area (Å²) < 4.78 is 63.6. The number of hydrogen-bond acceptors (Lipinski definition) is 3. The van der Waals surface area contributed by atoms with Crippen LogP contribution in [0, 0.1) is 0 Å². The Hall–Kier alpha value is -1.32. The average molecular weight is 346 g/mol. The zero-order valence-corrected chi connectivity index (χ0v) is 12.3. The Balaban J connectivity index is 3.47. The summed E-state index contributed by atoms with van der Waals surface area (Å²) in [6.45, 7) is 0.108. The van der Waals surface area contributed by atoms with Crippen molar-refractivity contribution >= 4 is 27.6 Å². The molecule has 0 saturated heterocycles. The van der Waals surface area contributed by atoms with E-state index >= 15 is 0 Å². The zero-order valence-electron chi connectivity index (χ0n) is 10.7. The highest BCUT2D eigenvalue weighted by Gasteiger charge is 2.39. The van der Waals surface area contributed by atoms with Crippen molar-refractivity contribution in [3.05, 3.63) is 28.8 Å². The number of alkyl halides is 3. The van der Waals surface area contributed by atoms with Crippen molar-refractivity contribution in [2.45, 2.75) is 18.0 Å². The minimum atomic E-state index is -4.93. The minimum absolute atomic E-state index is 0.275. The van der Waals surface area contributed by atoms with Crippen molar-refractivity contribution in [3.63, 3.8) is 0 Å². The lowest BCUT2D eigenvalue weighted by atomic mass is 10.2. The largest absolute Gasteiger partial charge is 0.480 e. The lowest BCUT2D eigenvalue weighted by Crippen LogP contribution is -2.36. The van der Waals surface area contributed by atoms with Gasteiger partial charge in [0.15, 0.2) is 0 Å². The number of aliphatic carboxylic acids is 1. The molecule has 0 bridgehead atoms. The summed E-state index contributed by atoms with van der Waals surface area (Å²) in [6, 6.07) is 2.20. The van der Waals surface area contributed by atoms with Crippen LogP contribution in [0.15, 0.2) is 23.1 Å². The highest BCUT2D eigenvalue weighted by molar-refractivity contribution is 7.89. The van der Waals surface area contributed by atoms with E-state index in [0.717, 1.165) is 6.07 Å². The number of benzene rings is 1. The highest BCUT2D eigenvalue weighted by atomic mass is 35.5. The molecular formula is C11H11ClF3NO4S. The second kappa shape index (κ2) is 6.20. The lowest BCUT2D eigenvalue weighted by molar-refractivity contribution is -0.140. The van der Waals surface area contributed by atoms with Crippen molar-refractivity contribution in [2.75, 3.05) is 13.1 Å². The van der Waals surface area contributed by atoms with Gasteiger partial charge < -0.3 is 5.11 Å². The zero-order chi connectivity index (χ0) is 16.4. The quantitative estimate of drug-likeness (QED) is 0.889. The molecule has 21 heavy (non-hydrogen) atoms. The highest BCUT2D eigenvalue weighted by Crippen LogP contribution is 2.36. The van der Waals surface area contributed by atoms with Gasteiger partial charge in [-0.05, 0) is 18.2 Å². The van der Waals surface area contributed by atoms with Crippen LogP contribution >= 0.6 is 11.6 Å². The summed E-state index contributed by atoms with van der Waals surface area (Å²) >= 11 is 5.47. The number of halogens is 4. The maximum atomic E-state index is 12.9. The van der Waals surface area contributed by atoms with Crippen LogP contribution in [0.5, 0.6) is 0 Å². The van der Waals surface area contributed by atoms with E-state index in [0.29, 0.717) is 16.4 Å². The summed E-state index contributed by atoms with van der Waals surface area (Å²) in [6.07, 6.45) is -4.93. The third kappa shape index (κ3) is 4.08. The van der Waals surface area contributed by atoms with Crippen LogP contribution in [0.3, 0.4) is 0 Å². The maximum Gasteiger partial charge on any atom is 0.417 e. The molecule has 118 valence electrons. The van der Waals surface area contributed by atoms with Crippen LogP contribution < -0.4 is 0 Å². The number of carboxylic acids is 1. The Labute approximate surface area is 124 Å². The van der Waals surface area contributed by atoms with Crippen molar-refractivity contribution in [1.82, 2.24) is 4.31 Å². The fourth-order valence-corrected chi connectivity index (χ4v) is 3.37. The van der Waals surface area contributed by atoms with Crippen molar-refractivity contribution < 1.29 is 31.5 Å².